The molecule has 4 aromatic heterocycles. The highest BCUT2D eigenvalue weighted by Crippen LogP contribution is 2.34. The average molecular weight is 1080 g/mol. The number of carbonyl (C=O) groups is 6. The molecule has 22 heteroatoms. The van der Waals surface area contributed by atoms with Crippen LogP contribution >= 0.6 is 22.7 Å². The third-order valence-corrected chi connectivity index (χ3v) is 15.4. The number of β-amino-alcohol motifs (C(OH)–C–C–N with tert-alkyl or cyclic N) is 1. The van der Waals surface area contributed by atoms with Crippen LogP contribution in [0.5, 0.6) is 0 Å². The van der Waals surface area contributed by atoms with E-state index < -0.39 is 57.3 Å². The van der Waals surface area contributed by atoms with E-state index >= 15 is 4.79 Å². The van der Waals surface area contributed by atoms with Gasteiger partial charge in [-0.15, -0.1) is 22.7 Å². The van der Waals surface area contributed by atoms with Gasteiger partial charge in [-0.1, -0.05) is 76.1 Å². The standard InChI is InChI=1S/C53H62N10O9S3/c1-33-47(74-32-58-33)35-17-15-34(16-18-35)26-56-50(69)43-25-41(64)30-62(43)51(70)48(53(2,3)4)63(46(67)14-9-7-6-8-13-44(54)65)29-40-24-37(19-21-55-40)36-11-10-12-38(23-36)42-31-73-52(59-42)60-45(66)27-57-49(68)39-20-22-61(28-39)75(5,71)72/h10-12,15-24,28,31-32,41,43,48,64H,6-9,13-14,25-27,29-30H2,1-5H3,(H2,54,65)(H,56,69)(H,57,68)(H,59,60,66)/t41-,43+,48?/m1/s1. The number of nitrogens with zero attached hydrogens (tertiary/aromatic N) is 6. The van der Waals surface area contributed by atoms with Gasteiger partial charge in [-0.05, 0) is 71.7 Å². The van der Waals surface area contributed by atoms with Crippen molar-refractivity contribution in [3.05, 3.63) is 119 Å². The molecule has 7 rings (SSSR count). The van der Waals surface area contributed by atoms with Gasteiger partial charge < -0.3 is 36.6 Å². The van der Waals surface area contributed by atoms with Crippen LogP contribution in [0.15, 0.2) is 96.2 Å². The van der Waals surface area contributed by atoms with E-state index in [0.717, 1.165) is 54.8 Å². The maximum atomic E-state index is 15.1. The first-order chi connectivity index (χ1) is 35.6. The highest BCUT2D eigenvalue weighted by Gasteiger charge is 2.47. The molecule has 0 radical (unpaired) electrons. The van der Waals surface area contributed by atoms with Crippen LogP contribution in [-0.4, -0.2) is 115 Å². The lowest BCUT2D eigenvalue weighted by atomic mass is 9.84. The number of hydrogen-bond donors (Lipinski definition) is 5. The molecule has 1 fully saturated rings. The number of aromatic nitrogens is 4. The Morgan fingerprint density at radius 3 is 2.29 bits per heavy atom. The number of nitrogens with two attached hydrogens (primary N) is 1. The number of thiazole rings is 2. The second-order valence-corrected chi connectivity index (χ2v) is 23.2. The minimum absolute atomic E-state index is 0.0320. The Balaban J connectivity index is 1.06. The highest BCUT2D eigenvalue weighted by atomic mass is 32.2. The third kappa shape index (κ3) is 14.8. The number of aryl methyl sites for hydroxylation is 1. The molecule has 396 valence electrons. The largest absolute Gasteiger partial charge is 0.391 e. The predicted octanol–water partition coefficient (Wildman–Crippen LogP) is 6.13. The number of aliphatic hydroxyl groups is 1. The molecule has 1 aliphatic heterocycles. The van der Waals surface area contributed by atoms with Gasteiger partial charge in [0.15, 0.2) is 5.13 Å². The Kier molecular flexibility index (Phi) is 18.1. The highest BCUT2D eigenvalue weighted by molar-refractivity contribution is 7.89. The van der Waals surface area contributed by atoms with Crippen molar-refractivity contribution < 1.29 is 42.3 Å². The molecule has 1 aliphatic rings. The number of carbonyl (C=O) groups excluding carboxylic acids is 6. The van der Waals surface area contributed by atoms with Crippen molar-refractivity contribution in [1.29, 1.82) is 0 Å². The number of hydrogen-bond acceptors (Lipinski definition) is 14. The van der Waals surface area contributed by atoms with E-state index in [0.29, 0.717) is 42.2 Å². The SMILES string of the molecule is Cc1ncsc1-c1ccc(CNC(=O)[C@@H]2C[C@@H](O)CN2C(=O)C(N(Cc2cc(-c3cccc(-c4csc(NC(=O)CNC(=O)c5ccn(S(C)(=O)=O)c5)n4)c3)ccn2)C(=O)CCCCCCC(N)=O)C(C)(C)C)cc1. The van der Waals surface area contributed by atoms with Crippen LogP contribution in [0.4, 0.5) is 5.13 Å². The van der Waals surface area contributed by atoms with Gasteiger partial charge in [-0.3, -0.25) is 37.7 Å². The molecule has 6 N–H and O–H groups in total. The Morgan fingerprint density at radius 1 is 0.893 bits per heavy atom. The molecule has 0 aliphatic carbocycles. The first-order valence-electron chi connectivity index (χ1n) is 24.5. The minimum Gasteiger partial charge on any atom is -0.391 e. The molecule has 3 atom stereocenters. The predicted molar refractivity (Wildman–Crippen MR) is 287 cm³/mol. The number of benzene rings is 2. The van der Waals surface area contributed by atoms with Crippen molar-refractivity contribution in [2.45, 2.75) is 104 Å². The van der Waals surface area contributed by atoms with Crippen LogP contribution < -0.4 is 21.7 Å². The van der Waals surface area contributed by atoms with Gasteiger partial charge in [-0.25, -0.2) is 18.4 Å². The molecule has 1 unspecified atom stereocenters. The number of anilines is 1. The fraction of sp³-hybridized carbons (Fsp3) is 0.377. The number of likely N-dealkylation sites (tertiary alicyclic amines) is 1. The van der Waals surface area contributed by atoms with E-state index in [-0.39, 0.29) is 62.8 Å². The second-order valence-electron chi connectivity index (χ2n) is 19.6. The zero-order valence-electron chi connectivity index (χ0n) is 42.4. The second kappa shape index (κ2) is 24.5. The van der Waals surface area contributed by atoms with Crippen LogP contribution in [0.2, 0.25) is 0 Å². The van der Waals surface area contributed by atoms with Crippen LogP contribution in [0, 0.1) is 12.3 Å². The summed E-state index contributed by atoms with van der Waals surface area (Å²) in [6.07, 6.45) is 6.94. The van der Waals surface area contributed by atoms with Crippen molar-refractivity contribution in [2.24, 2.45) is 11.1 Å². The Morgan fingerprint density at radius 2 is 1.61 bits per heavy atom. The summed E-state index contributed by atoms with van der Waals surface area (Å²) < 4.78 is 24.5. The summed E-state index contributed by atoms with van der Waals surface area (Å²) in [6.45, 7) is 7.24. The zero-order valence-corrected chi connectivity index (χ0v) is 44.9. The lowest BCUT2D eigenvalue weighted by molar-refractivity contribution is -0.153. The van der Waals surface area contributed by atoms with Gasteiger partial charge in [0, 0.05) is 61.9 Å². The van der Waals surface area contributed by atoms with Crippen molar-refractivity contribution in [1.82, 2.24) is 39.4 Å². The van der Waals surface area contributed by atoms with Crippen LogP contribution in [-0.2, 0) is 47.1 Å². The first-order valence-corrected chi connectivity index (χ1v) is 28.1. The smallest absolute Gasteiger partial charge is 0.253 e. The Hall–Kier alpha value is -7.14. The van der Waals surface area contributed by atoms with Crippen molar-refractivity contribution in [2.75, 3.05) is 24.7 Å². The number of primary amides is 1. The Labute approximate surface area is 444 Å². The molecule has 75 heavy (non-hydrogen) atoms. The van der Waals surface area contributed by atoms with Gasteiger partial charge in [0.05, 0.1) is 58.5 Å². The topological polar surface area (TPSA) is 269 Å². The van der Waals surface area contributed by atoms with E-state index in [2.05, 4.69) is 30.9 Å². The number of rotatable bonds is 22. The molecule has 2 aromatic carbocycles. The van der Waals surface area contributed by atoms with Crippen molar-refractivity contribution in [3.8, 4) is 32.8 Å². The number of aliphatic hydroxyl groups excluding tert-OH is 1. The number of unbranched alkanes of at least 4 members (excludes halogenated alkanes) is 3. The molecule has 0 bridgehead atoms. The molecule has 6 amide bonds. The molecule has 19 nitrogen and oxygen atoms in total. The molecule has 5 heterocycles. The summed E-state index contributed by atoms with van der Waals surface area (Å²) in [6, 6.07) is 18.4. The summed E-state index contributed by atoms with van der Waals surface area (Å²) >= 11 is 2.75. The summed E-state index contributed by atoms with van der Waals surface area (Å²) in [5.41, 5.74) is 12.6. The van der Waals surface area contributed by atoms with Gasteiger partial charge >= 0.3 is 0 Å². The van der Waals surface area contributed by atoms with E-state index in [1.807, 2.05) is 88.4 Å². The molecule has 0 saturated carbocycles. The fourth-order valence-corrected chi connectivity index (χ4v) is 11.0. The maximum absolute atomic E-state index is 15.1. The first kappa shape index (κ1) is 55.6. The minimum atomic E-state index is -3.57. The van der Waals surface area contributed by atoms with E-state index in [1.165, 1.54) is 28.5 Å². The van der Waals surface area contributed by atoms with Gasteiger partial charge in [0.2, 0.25) is 39.6 Å². The van der Waals surface area contributed by atoms with E-state index in [9.17, 15) is 37.5 Å². The van der Waals surface area contributed by atoms with E-state index in [1.54, 1.807) is 33.3 Å². The lowest BCUT2D eigenvalue weighted by Crippen LogP contribution is -2.59. The van der Waals surface area contributed by atoms with E-state index in [4.69, 9.17) is 5.73 Å². The molecular formula is C53H62N10O9S3. The normalized spacial score (nSPS) is 15.0. The monoisotopic (exact) mass is 1080 g/mol. The summed E-state index contributed by atoms with van der Waals surface area (Å²) in [5, 5.41) is 21.2. The van der Waals surface area contributed by atoms with Gasteiger partial charge in [0.25, 0.3) is 5.91 Å². The third-order valence-electron chi connectivity index (χ3n) is 12.7. The van der Waals surface area contributed by atoms with Crippen molar-refractivity contribution >= 4 is 73.3 Å². The summed E-state index contributed by atoms with van der Waals surface area (Å²) in [7, 11) is -3.57. The molecule has 1 saturated heterocycles. The summed E-state index contributed by atoms with van der Waals surface area (Å²) in [5.74, 6) is -2.71. The molecule has 6 aromatic rings. The fourth-order valence-electron chi connectivity index (χ4n) is 8.87. The van der Waals surface area contributed by atoms with Gasteiger partial charge in [0.1, 0.15) is 12.1 Å². The van der Waals surface area contributed by atoms with Gasteiger partial charge in [-0.2, -0.15) is 0 Å². The quantitative estimate of drug-likeness (QED) is 0.0481. The van der Waals surface area contributed by atoms with Crippen LogP contribution in [0.3, 0.4) is 0 Å². The molecular weight excluding hydrogens is 1020 g/mol. The van der Waals surface area contributed by atoms with Crippen molar-refractivity contribution in [3.63, 3.8) is 0 Å². The number of nitrogens with one attached hydrogen (secondary N) is 3. The zero-order chi connectivity index (χ0) is 54.0. The molecule has 0 spiro atoms. The lowest BCUT2D eigenvalue weighted by Gasteiger charge is -2.42. The summed E-state index contributed by atoms with van der Waals surface area (Å²) in [4.78, 5) is 97.9. The average Bonchev–Trinajstić information content (AvgIpc) is 4.21. The Bertz CT molecular complexity index is 3140. The van der Waals surface area contributed by atoms with Crippen LogP contribution in [0.1, 0.15) is 93.0 Å². The number of pyridine rings is 1. The number of amides is 6. The van der Waals surface area contributed by atoms with Crippen LogP contribution in [0.25, 0.3) is 32.8 Å². The maximum Gasteiger partial charge on any atom is 0.253 e.